The third-order valence-electron chi connectivity index (χ3n) is 4.52. The summed E-state index contributed by atoms with van der Waals surface area (Å²) >= 11 is 3.58. The standard InChI is InChI=1S/C21H18BrN3O/c22-17-8-9-19-18(11-17)21(16-6-2-1-3-7-16)25(14-20(26)24-19)13-15-5-4-10-23-12-15/h1-12,21H,13-14H2,(H,24,26). The van der Waals surface area contributed by atoms with Crippen molar-refractivity contribution in [1.82, 2.24) is 9.88 Å². The Bertz CT molecular complexity index is 915. The van der Waals surface area contributed by atoms with Crippen molar-refractivity contribution in [3.8, 4) is 0 Å². The minimum Gasteiger partial charge on any atom is -0.325 e. The van der Waals surface area contributed by atoms with E-state index in [2.05, 4.69) is 49.3 Å². The normalized spacial score (nSPS) is 17.3. The fraction of sp³-hybridized carbons (Fsp3) is 0.143. The summed E-state index contributed by atoms with van der Waals surface area (Å²) in [5.41, 5.74) is 4.19. The van der Waals surface area contributed by atoms with Crippen LogP contribution in [0.15, 0.2) is 77.5 Å². The molecule has 1 aliphatic heterocycles. The maximum absolute atomic E-state index is 12.5. The molecule has 0 aliphatic carbocycles. The molecule has 2 aromatic carbocycles. The Morgan fingerprint density at radius 3 is 2.73 bits per heavy atom. The first-order chi connectivity index (χ1) is 12.7. The number of nitrogens with zero attached hydrogens (tertiary/aromatic N) is 2. The lowest BCUT2D eigenvalue weighted by Gasteiger charge is -2.30. The zero-order valence-electron chi connectivity index (χ0n) is 14.1. The molecule has 1 aliphatic rings. The van der Waals surface area contributed by atoms with Crippen LogP contribution in [0.4, 0.5) is 5.69 Å². The van der Waals surface area contributed by atoms with Crippen LogP contribution in [0.3, 0.4) is 0 Å². The van der Waals surface area contributed by atoms with Gasteiger partial charge in [0.1, 0.15) is 0 Å². The van der Waals surface area contributed by atoms with E-state index in [-0.39, 0.29) is 11.9 Å². The molecule has 3 aromatic rings. The van der Waals surface area contributed by atoms with Gasteiger partial charge in [0.05, 0.1) is 12.6 Å². The van der Waals surface area contributed by atoms with Crippen molar-refractivity contribution in [2.24, 2.45) is 0 Å². The van der Waals surface area contributed by atoms with Gasteiger partial charge < -0.3 is 5.32 Å². The molecule has 5 heteroatoms. The summed E-state index contributed by atoms with van der Waals surface area (Å²) in [6, 6.07) is 20.3. The minimum absolute atomic E-state index is 0.00380. The zero-order chi connectivity index (χ0) is 17.9. The number of anilines is 1. The summed E-state index contributed by atoms with van der Waals surface area (Å²) < 4.78 is 0.995. The highest BCUT2D eigenvalue weighted by molar-refractivity contribution is 9.10. The molecule has 26 heavy (non-hydrogen) atoms. The maximum atomic E-state index is 12.5. The van der Waals surface area contributed by atoms with Crippen LogP contribution in [0.1, 0.15) is 22.7 Å². The van der Waals surface area contributed by atoms with Crippen LogP contribution in [-0.2, 0) is 11.3 Å². The van der Waals surface area contributed by atoms with Gasteiger partial charge in [-0.1, -0.05) is 52.3 Å². The predicted octanol–water partition coefficient (Wildman–Crippen LogP) is 4.39. The molecule has 0 fully saturated rings. The van der Waals surface area contributed by atoms with Crippen molar-refractivity contribution in [1.29, 1.82) is 0 Å². The fourth-order valence-corrected chi connectivity index (χ4v) is 3.81. The molecule has 4 rings (SSSR count). The molecule has 0 saturated carbocycles. The van der Waals surface area contributed by atoms with Gasteiger partial charge in [0.15, 0.2) is 0 Å². The van der Waals surface area contributed by atoms with Gasteiger partial charge in [-0.3, -0.25) is 14.7 Å². The SMILES string of the molecule is O=C1CN(Cc2cccnc2)C(c2ccccc2)c2cc(Br)ccc2N1. The number of aromatic nitrogens is 1. The predicted molar refractivity (Wildman–Crippen MR) is 106 cm³/mol. The van der Waals surface area contributed by atoms with Gasteiger partial charge in [-0.15, -0.1) is 0 Å². The smallest absolute Gasteiger partial charge is 0.238 e. The third kappa shape index (κ3) is 3.54. The van der Waals surface area contributed by atoms with Gasteiger partial charge >= 0.3 is 0 Å². The van der Waals surface area contributed by atoms with Crippen molar-refractivity contribution in [2.45, 2.75) is 12.6 Å². The van der Waals surface area contributed by atoms with E-state index in [1.54, 1.807) is 6.20 Å². The minimum atomic E-state index is -0.0251. The van der Waals surface area contributed by atoms with Gasteiger partial charge in [0, 0.05) is 29.1 Å². The summed E-state index contributed by atoms with van der Waals surface area (Å²) in [4.78, 5) is 18.9. The third-order valence-corrected chi connectivity index (χ3v) is 5.01. The largest absolute Gasteiger partial charge is 0.325 e. The molecule has 130 valence electrons. The first-order valence-corrected chi connectivity index (χ1v) is 9.27. The topological polar surface area (TPSA) is 45.2 Å². The van der Waals surface area contributed by atoms with Crippen LogP contribution < -0.4 is 5.32 Å². The van der Waals surface area contributed by atoms with Gasteiger partial charge in [0.25, 0.3) is 0 Å². The van der Waals surface area contributed by atoms with E-state index in [0.717, 1.165) is 26.9 Å². The Labute approximate surface area is 161 Å². The zero-order valence-corrected chi connectivity index (χ0v) is 15.7. The molecule has 0 saturated heterocycles. The van der Waals surface area contributed by atoms with Crippen LogP contribution in [0.25, 0.3) is 0 Å². The summed E-state index contributed by atoms with van der Waals surface area (Å²) in [6.07, 6.45) is 3.62. The monoisotopic (exact) mass is 407 g/mol. The van der Waals surface area contributed by atoms with E-state index in [1.165, 1.54) is 0 Å². The second-order valence-electron chi connectivity index (χ2n) is 6.36. The Morgan fingerprint density at radius 2 is 1.96 bits per heavy atom. The molecule has 2 heterocycles. The Kier molecular flexibility index (Phi) is 4.82. The van der Waals surface area contributed by atoms with E-state index in [0.29, 0.717) is 13.1 Å². The number of hydrogen-bond acceptors (Lipinski definition) is 3. The van der Waals surface area contributed by atoms with Gasteiger partial charge in [0.2, 0.25) is 5.91 Å². The molecule has 1 N–H and O–H groups in total. The van der Waals surface area contributed by atoms with Gasteiger partial charge in [-0.2, -0.15) is 0 Å². The van der Waals surface area contributed by atoms with E-state index in [1.807, 2.05) is 48.7 Å². The number of carbonyl (C=O) groups is 1. The van der Waals surface area contributed by atoms with E-state index in [4.69, 9.17) is 0 Å². The number of nitrogens with one attached hydrogen (secondary N) is 1. The number of hydrogen-bond donors (Lipinski definition) is 1. The molecule has 1 unspecified atom stereocenters. The molecular weight excluding hydrogens is 390 g/mol. The summed E-state index contributed by atoms with van der Waals surface area (Å²) in [7, 11) is 0. The summed E-state index contributed by atoms with van der Waals surface area (Å²) in [6.45, 7) is 0.966. The lowest BCUT2D eigenvalue weighted by Crippen LogP contribution is -2.33. The highest BCUT2D eigenvalue weighted by atomic mass is 79.9. The second-order valence-corrected chi connectivity index (χ2v) is 7.27. The van der Waals surface area contributed by atoms with E-state index >= 15 is 0 Å². The fourth-order valence-electron chi connectivity index (χ4n) is 3.43. The summed E-state index contributed by atoms with van der Waals surface area (Å²) in [5, 5.41) is 3.05. The number of carbonyl (C=O) groups excluding carboxylic acids is 1. The van der Waals surface area contributed by atoms with Crippen LogP contribution in [-0.4, -0.2) is 22.3 Å². The molecule has 0 bridgehead atoms. The highest BCUT2D eigenvalue weighted by Crippen LogP contribution is 2.37. The van der Waals surface area contributed by atoms with Crippen LogP contribution in [0.2, 0.25) is 0 Å². The van der Waals surface area contributed by atoms with Crippen molar-refractivity contribution in [2.75, 3.05) is 11.9 Å². The lowest BCUT2D eigenvalue weighted by atomic mass is 9.95. The first kappa shape index (κ1) is 16.9. The lowest BCUT2D eigenvalue weighted by molar-refractivity contribution is -0.117. The molecule has 1 aromatic heterocycles. The number of amides is 1. The Morgan fingerprint density at radius 1 is 1.12 bits per heavy atom. The highest BCUT2D eigenvalue weighted by Gasteiger charge is 2.30. The van der Waals surface area contributed by atoms with Crippen molar-refractivity contribution >= 4 is 27.5 Å². The van der Waals surface area contributed by atoms with E-state index in [9.17, 15) is 4.79 Å². The van der Waals surface area contributed by atoms with Gasteiger partial charge in [-0.25, -0.2) is 0 Å². The molecular formula is C21H18BrN3O. The number of rotatable bonds is 3. The Hall–Kier alpha value is -2.50. The van der Waals surface area contributed by atoms with Crippen LogP contribution in [0, 0.1) is 0 Å². The number of fused-ring (bicyclic) bond motifs is 1. The molecule has 0 radical (unpaired) electrons. The first-order valence-electron chi connectivity index (χ1n) is 8.48. The maximum Gasteiger partial charge on any atom is 0.238 e. The van der Waals surface area contributed by atoms with E-state index < -0.39 is 0 Å². The second kappa shape index (κ2) is 7.40. The van der Waals surface area contributed by atoms with Crippen molar-refractivity contribution in [3.05, 3.63) is 94.2 Å². The molecule has 4 nitrogen and oxygen atoms in total. The molecule has 1 atom stereocenters. The number of pyridine rings is 1. The molecule has 1 amide bonds. The Balaban J connectivity index is 1.83. The summed E-state index contributed by atoms with van der Waals surface area (Å²) in [5.74, 6) is -0.00380. The average Bonchev–Trinajstić information content (AvgIpc) is 2.78. The quantitative estimate of drug-likeness (QED) is 0.700. The number of halogens is 1. The van der Waals surface area contributed by atoms with Crippen molar-refractivity contribution in [3.63, 3.8) is 0 Å². The average molecular weight is 408 g/mol. The van der Waals surface area contributed by atoms with Crippen LogP contribution >= 0.6 is 15.9 Å². The van der Waals surface area contributed by atoms with Crippen LogP contribution in [0.5, 0.6) is 0 Å². The number of benzene rings is 2. The molecule has 0 spiro atoms. The van der Waals surface area contributed by atoms with Crippen molar-refractivity contribution < 1.29 is 4.79 Å². The van der Waals surface area contributed by atoms with Gasteiger partial charge in [-0.05, 0) is 41.0 Å².